The van der Waals surface area contributed by atoms with Crippen LogP contribution in [0.25, 0.3) is 0 Å². The van der Waals surface area contributed by atoms with Crippen LogP contribution in [-0.2, 0) is 0 Å². The number of hydrogen-bond donors (Lipinski definition) is 0. The van der Waals surface area contributed by atoms with Gasteiger partial charge < -0.3 is 14.4 Å². The Morgan fingerprint density at radius 2 is 1.79 bits per heavy atom. The third kappa shape index (κ3) is 3.46. The molecule has 0 saturated heterocycles. The van der Waals surface area contributed by atoms with Gasteiger partial charge in [0, 0.05) is 17.9 Å². The van der Waals surface area contributed by atoms with Gasteiger partial charge in [-0.2, -0.15) is 9.97 Å². The van der Waals surface area contributed by atoms with Crippen molar-refractivity contribution in [3.8, 4) is 12.0 Å². The molecule has 106 valence electrons. The second-order valence-electron chi connectivity index (χ2n) is 4.43. The van der Waals surface area contributed by atoms with Crippen LogP contribution in [-0.4, -0.2) is 47.1 Å². The van der Waals surface area contributed by atoms with Crippen molar-refractivity contribution >= 4 is 21.9 Å². The van der Waals surface area contributed by atoms with E-state index in [1.165, 1.54) is 19.3 Å². The van der Waals surface area contributed by atoms with Crippen molar-refractivity contribution in [3.05, 3.63) is 0 Å². The molecule has 0 radical (unpaired) electrons. The van der Waals surface area contributed by atoms with Gasteiger partial charge in [0.2, 0.25) is 5.95 Å². The molecule has 0 aromatic carbocycles. The SMILES string of the molecule is COc1nc(OC)nc(N(CCCBr)C2CCC2)n1. The van der Waals surface area contributed by atoms with Crippen LogP contribution >= 0.6 is 15.9 Å². The van der Waals surface area contributed by atoms with Gasteiger partial charge in [0.25, 0.3) is 0 Å². The van der Waals surface area contributed by atoms with E-state index in [2.05, 4.69) is 35.8 Å². The Kier molecular flexibility index (Phi) is 5.18. The van der Waals surface area contributed by atoms with Crippen molar-refractivity contribution < 1.29 is 9.47 Å². The van der Waals surface area contributed by atoms with Crippen molar-refractivity contribution in [2.75, 3.05) is 31.0 Å². The molecule has 1 aromatic heterocycles. The quantitative estimate of drug-likeness (QED) is 0.713. The molecule has 1 aliphatic carbocycles. The van der Waals surface area contributed by atoms with Crippen molar-refractivity contribution in [1.29, 1.82) is 0 Å². The zero-order valence-electron chi connectivity index (χ0n) is 11.3. The molecule has 0 bridgehead atoms. The zero-order chi connectivity index (χ0) is 13.7. The molecular formula is C12H19BrN4O2. The highest BCUT2D eigenvalue weighted by atomic mass is 79.9. The number of rotatable bonds is 7. The van der Waals surface area contributed by atoms with E-state index in [0.29, 0.717) is 24.0 Å². The lowest BCUT2D eigenvalue weighted by molar-refractivity contribution is 0.333. The van der Waals surface area contributed by atoms with Gasteiger partial charge in [-0.3, -0.25) is 0 Å². The van der Waals surface area contributed by atoms with Gasteiger partial charge in [-0.1, -0.05) is 15.9 Å². The smallest absolute Gasteiger partial charge is 0.324 e. The molecule has 0 N–H and O–H groups in total. The Morgan fingerprint density at radius 3 is 2.21 bits per heavy atom. The minimum absolute atomic E-state index is 0.296. The molecule has 0 atom stereocenters. The second kappa shape index (κ2) is 6.88. The van der Waals surface area contributed by atoms with Gasteiger partial charge in [-0.15, -0.1) is 4.98 Å². The summed E-state index contributed by atoms with van der Waals surface area (Å²) in [5.41, 5.74) is 0. The summed E-state index contributed by atoms with van der Waals surface area (Å²) >= 11 is 3.47. The van der Waals surface area contributed by atoms with Crippen LogP contribution in [0.1, 0.15) is 25.7 Å². The summed E-state index contributed by atoms with van der Waals surface area (Å²) in [5, 5.41) is 0.968. The third-order valence-corrected chi connectivity index (χ3v) is 3.81. The van der Waals surface area contributed by atoms with Gasteiger partial charge >= 0.3 is 12.0 Å². The molecule has 1 heterocycles. The van der Waals surface area contributed by atoms with E-state index in [9.17, 15) is 0 Å². The highest BCUT2D eigenvalue weighted by Gasteiger charge is 2.27. The maximum atomic E-state index is 5.11. The third-order valence-electron chi connectivity index (χ3n) is 3.25. The fourth-order valence-corrected chi connectivity index (χ4v) is 2.26. The number of methoxy groups -OCH3 is 2. The van der Waals surface area contributed by atoms with Crippen molar-refractivity contribution in [2.45, 2.75) is 31.7 Å². The molecule has 0 unspecified atom stereocenters. The lowest BCUT2D eigenvalue weighted by atomic mass is 9.91. The Bertz CT molecular complexity index is 392. The van der Waals surface area contributed by atoms with Gasteiger partial charge in [0.1, 0.15) is 0 Å². The minimum Gasteiger partial charge on any atom is -0.467 e. The first-order chi connectivity index (χ1) is 9.28. The predicted molar refractivity (Wildman–Crippen MR) is 76.3 cm³/mol. The Balaban J connectivity index is 2.23. The van der Waals surface area contributed by atoms with E-state index in [1.54, 1.807) is 14.2 Å². The zero-order valence-corrected chi connectivity index (χ0v) is 12.9. The molecule has 1 aromatic rings. The minimum atomic E-state index is 0.296. The summed E-state index contributed by atoms with van der Waals surface area (Å²) in [6, 6.07) is 1.12. The number of anilines is 1. The maximum absolute atomic E-state index is 5.11. The first-order valence-corrected chi connectivity index (χ1v) is 7.57. The number of alkyl halides is 1. The first kappa shape index (κ1) is 14.3. The molecule has 1 saturated carbocycles. The topological polar surface area (TPSA) is 60.4 Å². The molecule has 7 heteroatoms. The Hall–Kier alpha value is -1.11. The molecule has 0 aliphatic heterocycles. The van der Waals surface area contributed by atoms with E-state index >= 15 is 0 Å². The van der Waals surface area contributed by atoms with Crippen LogP contribution in [0.2, 0.25) is 0 Å². The van der Waals surface area contributed by atoms with Crippen molar-refractivity contribution in [2.24, 2.45) is 0 Å². The standard InChI is InChI=1S/C12H19BrN4O2/c1-18-11-14-10(15-12(16-11)19-2)17(8-4-7-13)9-5-3-6-9/h9H,3-8H2,1-2H3. The van der Waals surface area contributed by atoms with E-state index in [1.807, 2.05) is 0 Å². The molecule has 6 nitrogen and oxygen atoms in total. The maximum Gasteiger partial charge on any atom is 0.324 e. The Morgan fingerprint density at radius 1 is 1.16 bits per heavy atom. The van der Waals surface area contributed by atoms with Gasteiger partial charge in [-0.25, -0.2) is 0 Å². The van der Waals surface area contributed by atoms with Crippen molar-refractivity contribution in [1.82, 2.24) is 15.0 Å². The monoisotopic (exact) mass is 330 g/mol. The van der Waals surface area contributed by atoms with Crippen LogP contribution in [0, 0.1) is 0 Å². The predicted octanol–water partition coefficient (Wildman–Crippen LogP) is 2.03. The summed E-state index contributed by atoms with van der Waals surface area (Å²) in [7, 11) is 3.09. The van der Waals surface area contributed by atoms with Gasteiger partial charge in [-0.05, 0) is 25.7 Å². The summed E-state index contributed by atoms with van der Waals surface area (Å²) in [6.07, 6.45) is 4.71. The van der Waals surface area contributed by atoms with E-state index in [4.69, 9.17) is 9.47 Å². The number of nitrogens with zero attached hydrogens (tertiary/aromatic N) is 4. The lowest BCUT2D eigenvalue weighted by Crippen LogP contribution is -2.42. The summed E-state index contributed by atoms with van der Waals surface area (Å²) in [6.45, 7) is 0.923. The first-order valence-electron chi connectivity index (χ1n) is 6.45. The highest BCUT2D eigenvalue weighted by Crippen LogP contribution is 2.29. The Labute approximate surface area is 121 Å². The largest absolute Gasteiger partial charge is 0.467 e. The molecule has 0 amide bonds. The molecule has 2 rings (SSSR count). The summed E-state index contributed by atoms with van der Waals surface area (Å²) in [5.74, 6) is 0.648. The van der Waals surface area contributed by atoms with Crippen LogP contribution in [0.5, 0.6) is 12.0 Å². The molecule has 1 aliphatic rings. The summed E-state index contributed by atoms with van der Waals surface area (Å²) < 4.78 is 10.2. The number of aromatic nitrogens is 3. The van der Waals surface area contributed by atoms with E-state index < -0.39 is 0 Å². The number of ether oxygens (including phenoxy) is 2. The van der Waals surface area contributed by atoms with Crippen LogP contribution in [0.3, 0.4) is 0 Å². The number of halogens is 1. The second-order valence-corrected chi connectivity index (χ2v) is 5.22. The summed E-state index contributed by atoms with van der Waals surface area (Å²) in [4.78, 5) is 15.0. The molecule has 19 heavy (non-hydrogen) atoms. The normalized spacial score (nSPS) is 14.9. The molecular weight excluding hydrogens is 312 g/mol. The molecule has 1 fully saturated rings. The van der Waals surface area contributed by atoms with Crippen molar-refractivity contribution in [3.63, 3.8) is 0 Å². The fourth-order valence-electron chi connectivity index (χ4n) is 2.01. The van der Waals surface area contributed by atoms with E-state index in [0.717, 1.165) is 18.3 Å². The van der Waals surface area contributed by atoms with Crippen LogP contribution in [0.4, 0.5) is 5.95 Å². The van der Waals surface area contributed by atoms with Crippen LogP contribution in [0.15, 0.2) is 0 Å². The van der Waals surface area contributed by atoms with Gasteiger partial charge in [0.15, 0.2) is 0 Å². The van der Waals surface area contributed by atoms with Crippen LogP contribution < -0.4 is 14.4 Å². The highest BCUT2D eigenvalue weighted by molar-refractivity contribution is 9.09. The number of hydrogen-bond acceptors (Lipinski definition) is 6. The van der Waals surface area contributed by atoms with E-state index in [-0.39, 0.29) is 0 Å². The average molecular weight is 331 g/mol. The lowest BCUT2D eigenvalue weighted by Gasteiger charge is -2.37. The molecule has 0 spiro atoms. The average Bonchev–Trinajstić information content (AvgIpc) is 2.40. The fraction of sp³-hybridized carbons (Fsp3) is 0.750. The van der Waals surface area contributed by atoms with Gasteiger partial charge in [0.05, 0.1) is 14.2 Å².